The van der Waals surface area contributed by atoms with Crippen LogP contribution in [0.1, 0.15) is 25.3 Å². The van der Waals surface area contributed by atoms with Gasteiger partial charge in [-0.2, -0.15) is 0 Å². The third kappa shape index (κ3) is 5.30. The van der Waals surface area contributed by atoms with Crippen LogP contribution in [0.3, 0.4) is 0 Å². The van der Waals surface area contributed by atoms with Crippen LogP contribution in [0.5, 0.6) is 11.5 Å². The van der Waals surface area contributed by atoms with Crippen molar-refractivity contribution in [3.8, 4) is 11.5 Å². The Morgan fingerprint density at radius 2 is 1.76 bits per heavy atom. The third-order valence-electron chi connectivity index (χ3n) is 2.99. The van der Waals surface area contributed by atoms with E-state index in [2.05, 4.69) is 6.92 Å². The van der Waals surface area contributed by atoms with Crippen LogP contribution in [0.4, 0.5) is 0 Å². The fourth-order valence-corrected chi connectivity index (χ4v) is 1.89. The summed E-state index contributed by atoms with van der Waals surface area (Å²) in [7, 11) is 0. The van der Waals surface area contributed by atoms with E-state index < -0.39 is 0 Å². The molecule has 110 valence electrons. The monoisotopic (exact) mass is 284 g/mol. The highest BCUT2D eigenvalue weighted by Gasteiger charge is 2.06. The van der Waals surface area contributed by atoms with Gasteiger partial charge in [0.15, 0.2) is 0 Å². The molecular weight excluding hydrogens is 264 g/mol. The van der Waals surface area contributed by atoms with Crippen LogP contribution in [0.2, 0.25) is 0 Å². The normalized spacial score (nSPS) is 10.1. The number of hydrogen-bond acceptors (Lipinski definition) is 3. The molecule has 0 saturated carbocycles. The largest absolute Gasteiger partial charge is 0.465 e. The van der Waals surface area contributed by atoms with Gasteiger partial charge in [-0.3, -0.25) is 4.79 Å². The number of carbonyl (C=O) groups is 1. The van der Waals surface area contributed by atoms with Crippen LogP contribution < -0.4 is 4.74 Å². The average molecular weight is 284 g/mol. The van der Waals surface area contributed by atoms with Gasteiger partial charge >= 0.3 is 5.97 Å². The highest BCUT2D eigenvalue weighted by atomic mass is 16.5. The Kier molecular flexibility index (Phi) is 5.83. The summed E-state index contributed by atoms with van der Waals surface area (Å²) in [4.78, 5) is 11.7. The first-order valence-corrected chi connectivity index (χ1v) is 7.25. The molecule has 0 N–H and O–H groups in total. The molecule has 3 nitrogen and oxygen atoms in total. The summed E-state index contributed by atoms with van der Waals surface area (Å²) in [5, 5.41) is 0. The molecule has 2 rings (SSSR count). The molecule has 0 spiro atoms. The molecule has 2 aromatic rings. The number of carbonyl (C=O) groups excluding carboxylic acids is 1. The summed E-state index contributed by atoms with van der Waals surface area (Å²) in [6, 6.07) is 17.1. The minimum absolute atomic E-state index is 0.194. The summed E-state index contributed by atoms with van der Waals surface area (Å²) in [5.74, 6) is 1.31. The number of para-hydroxylation sites is 1. The van der Waals surface area contributed by atoms with E-state index in [0.717, 1.165) is 29.9 Å². The predicted molar refractivity (Wildman–Crippen MR) is 82.5 cm³/mol. The molecule has 0 amide bonds. The van der Waals surface area contributed by atoms with E-state index in [0.29, 0.717) is 6.61 Å². The van der Waals surface area contributed by atoms with E-state index in [-0.39, 0.29) is 12.4 Å². The first-order chi connectivity index (χ1) is 10.3. The predicted octanol–water partition coefficient (Wildman–Crippen LogP) is 4.36. The quantitative estimate of drug-likeness (QED) is 0.559. The Morgan fingerprint density at radius 1 is 1.00 bits per heavy atom. The number of benzene rings is 2. The molecule has 0 aromatic heterocycles. The Hall–Kier alpha value is -2.29. The average Bonchev–Trinajstić information content (AvgIpc) is 2.49. The van der Waals surface area contributed by atoms with Gasteiger partial charge in [0.1, 0.15) is 11.5 Å². The third-order valence-corrected chi connectivity index (χ3v) is 2.99. The Bertz CT molecular complexity index is 564. The Labute approximate surface area is 125 Å². The molecule has 0 saturated heterocycles. The molecule has 2 aromatic carbocycles. The number of ether oxygens (including phenoxy) is 2. The molecule has 0 unspecified atom stereocenters. The van der Waals surface area contributed by atoms with Crippen molar-refractivity contribution < 1.29 is 14.3 Å². The Balaban J connectivity index is 1.93. The van der Waals surface area contributed by atoms with Gasteiger partial charge in [0, 0.05) is 0 Å². The summed E-state index contributed by atoms with van der Waals surface area (Å²) < 4.78 is 10.9. The van der Waals surface area contributed by atoms with Crippen molar-refractivity contribution in [2.24, 2.45) is 0 Å². The number of unbranched alkanes of at least 4 members (excludes halogenated alkanes) is 1. The van der Waals surface area contributed by atoms with Gasteiger partial charge < -0.3 is 9.47 Å². The van der Waals surface area contributed by atoms with E-state index in [4.69, 9.17) is 9.47 Å². The lowest BCUT2D eigenvalue weighted by Crippen LogP contribution is -2.08. The van der Waals surface area contributed by atoms with Crippen molar-refractivity contribution in [2.75, 3.05) is 6.61 Å². The minimum Gasteiger partial charge on any atom is -0.465 e. The molecule has 0 aliphatic rings. The van der Waals surface area contributed by atoms with Gasteiger partial charge in [-0.05, 0) is 36.2 Å². The summed E-state index contributed by atoms with van der Waals surface area (Å²) in [6.07, 6.45) is 2.20. The molecule has 0 heterocycles. The van der Waals surface area contributed by atoms with Crippen LogP contribution in [0.25, 0.3) is 0 Å². The van der Waals surface area contributed by atoms with Gasteiger partial charge in [-0.1, -0.05) is 43.7 Å². The Morgan fingerprint density at radius 3 is 2.52 bits per heavy atom. The molecule has 0 aliphatic heterocycles. The molecule has 0 aliphatic carbocycles. The SMILES string of the molecule is CCCCOC(=O)Cc1cccc(Oc2ccccc2)c1. The van der Waals surface area contributed by atoms with E-state index in [1.54, 1.807) is 0 Å². The van der Waals surface area contributed by atoms with Crippen LogP contribution in [-0.4, -0.2) is 12.6 Å². The molecule has 21 heavy (non-hydrogen) atoms. The zero-order valence-corrected chi connectivity index (χ0v) is 12.2. The van der Waals surface area contributed by atoms with Crippen LogP contribution in [-0.2, 0) is 16.0 Å². The van der Waals surface area contributed by atoms with Gasteiger partial charge in [0.05, 0.1) is 13.0 Å². The van der Waals surface area contributed by atoms with Crippen LogP contribution in [0.15, 0.2) is 54.6 Å². The molecule has 3 heteroatoms. The number of hydrogen-bond donors (Lipinski definition) is 0. The van der Waals surface area contributed by atoms with Crippen LogP contribution >= 0.6 is 0 Å². The fraction of sp³-hybridized carbons (Fsp3) is 0.278. The van der Waals surface area contributed by atoms with E-state index in [9.17, 15) is 4.79 Å². The zero-order valence-electron chi connectivity index (χ0n) is 12.2. The van der Waals surface area contributed by atoms with E-state index in [1.165, 1.54) is 0 Å². The van der Waals surface area contributed by atoms with Crippen molar-refractivity contribution in [1.29, 1.82) is 0 Å². The highest BCUT2D eigenvalue weighted by Crippen LogP contribution is 2.22. The minimum atomic E-state index is -0.194. The fourth-order valence-electron chi connectivity index (χ4n) is 1.89. The lowest BCUT2D eigenvalue weighted by atomic mass is 10.1. The van der Waals surface area contributed by atoms with Crippen molar-refractivity contribution in [1.82, 2.24) is 0 Å². The van der Waals surface area contributed by atoms with E-state index >= 15 is 0 Å². The van der Waals surface area contributed by atoms with Crippen molar-refractivity contribution in [3.05, 3.63) is 60.2 Å². The number of rotatable bonds is 7. The molecule has 0 bridgehead atoms. The second kappa shape index (κ2) is 8.10. The lowest BCUT2D eigenvalue weighted by molar-refractivity contribution is -0.142. The van der Waals surface area contributed by atoms with Crippen molar-refractivity contribution >= 4 is 5.97 Å². The first-order valence-electron chi connectivity index (χ1n) is 7.25. The molecule has 0 radical (unpaired) electrons. The standard InChI is InChI=1S/C18H20O3/c1-2-3-12-20-18(19)14-15-8-7-11-17(13-15)21-16-9-5-4-6-10-16/h4-11,13H,2-3,12,14H2,1H3. The smallest absolute Gasteiger partial charge is 0.310 e. The first kappa shape index (κ1) is 15.1. The maximum absolute atomic E-state index is 11.7. The summed E-state index contributed by atoms with van der Waals surface area (Å²) in [5.41, 5.74) is 0.893. The zero-order chi connectivity index (χ0) is 14.9. The van der Waals surface area contributed by atoms with Crippen molar-refractivity contribution in [2.45, 2.75) is 26.2 Å². The summed E-state index contributed by atoms with van der Waals surface area (Å²) >= 11 is 0. The van der Waals surface area contributed by atoms with Gasteiger partial charge in [-0.25, -0.2) is 0 Å². The summed E-state index contributed by atoms with van der Waals surface area (Å²) in [6.45, 7) is 2.56. The van der Waals surface area contributed by atoms with Gasteiger partial charge in [0.25, 0.3) is 0 Å². The highest BCUT2D eigenvalue weighted by molar-refractivity contribution is 5.72. The lowest BCUT2D eigenvalue weighted by Gasteiger charge is -2.08. The molecule has 0 fully saturated rings. The topological polar surface area (TPSA) is 35.5 Å². The maximum atomic E-state index is 11.7. The van der Waals surface area contributed by atoms with Gasteiger partial charge in [-0.15, -0.1) is 0 Å². The van der Waals surface area contributed by atoms with Gasteiger partial charge in [0.2, 0.25) is 0 Å². The van der Waals surface area contributed by atoms with Crippen LogP contribution in [0, 0.1) is 0 Å². The van der Waals surface area contributed by atoms with E-state index in [1.807, 2.05) is 54.6 Å². The van der Waals surface area contributed by atoms with Crippen molar-refractivity contribution in [3.63, 3.8) is 0 Å². The number of esters is 1. The second-order valence-corrected chi connectivity index (χ2v) is 4.81. The molecular formula is C18H20O3. The molecule has 0 atom stereocenters. The maximum Gasteiger partial charge on any atom is 0.310 e. The second-order valence-electron chi connectivity index (χ2n) is 4.81.